The summed E-state index contributed by atoms with van der Waals surface area (Å²) in [7, 11) is 0. The number of pyridine rings is 2. The van der Waals surface area contributed by atoms with Crippen molar-refractivity contribution in [2.45, 2.75) is 0 Å². The quantitative estimate of drug-likeness (QED) is 0.743. The zero-order valence-corrected chi connectivity index (χ0v) is 9.32. The molecule has 0 unspecified atom stereocenters. The summed E-state index contributed by atoms with van der Waals surface area (Å²) in [5.41, 5.74) is 2.58. The molecule has 18 heavy (non-hydrogen) atoms. The Kier molecular flexibility index (Phi) is 2.30. The molecule has 0 saturated carbocycles. The highest BCUT2D eigenvalue weighted by molar-refractivity contribution is 5.88. The van der Waals surface area contributed by atoms with Crippen molar-refractivity contribution in [1.82, 2.24) is 14.4 Å². The summed E-state index contributed by atoms with van der Waals surface area (Å²) in [4.78, 5) is 19.2. The van der Waals surface area contributed by atoms with Gasteiger partial charge in [0.2, 0.25) is 0 Å². The van der Waals surface area contributed by atoms with Gasteiger partial charge in [0.15, 0.2) is 0 Å². The van der Waals surface area contributed by atoms with E-state index in [1.54, 1.807) is 35.1 Å². The zero-order chi connectivity index (χ0) is 12.5. The lowest BCUT2D eigenvalue weighted by Crippen LogP contribution is -1.96. The van der Waals surface area contributed by atoms with E-state index in [1.807, 2.05) is 18.3 Å². The number of carboxylic acids is 1. The molecular formula is C13H9N3O2. The van der Waals surface area contributed by atoms with Crippen LogP contribution in [0, 0.1) is 0 Å². The molecule has 3 rings (SSSR count). The number of nitrogens with zero attached hydrogens (tertiary/aromatic N) is 3. The Bertz CT molecular complexity index is 719. The Hall–Kier alpha value is -2.69. The minimum absolute atomic E-state index is 0.231. The summed E-state index contributed by atoms with van der Waals surface area (Å²) in [6.07, 6.45) is 6.94. The number of aromatic nitrogens is 3. The zero-order valence-electron chi connectivity index (χ0n) is 9.32. The van der Waals surface area contributed by atoms with Crippen LogP contribution in [0.1, 0.15) is 10.4 Å². The highest BCUT2D eigenvalue weighted by Gasteiger charge is 2.07. The number of aromatic carboxylic acids is 1. The van der Waals surface area contributed by atoms with Crippen LogP contribution in [0.2, 0.25) is 0 Å². The average Bonchev–Trinajstić information content (AvgIpc) is 2.82. The lowest BCUT2D eigenvalue weighted by molar-refractivity contribution is 0.0697. The molecule has 1 N–H and O–H groups in total. The maximum Gasteiger partial charge on any atom is 0.335 e. The molecule has 0 aliphatic carbocycles. The summed E-state index contributed by atoms with van der Waals surface area (Å²) < 4.78 is 1.79. The van der Waals surface area contributed by atoms with Crippen molar-refractivity contribution < 1.29 is 9.90 Å². The van der Waals surface area contributed by atoms with Gasteiger partial charge in [-0.1, -0.05) is 0 Å². The third-order valence-corrected chi connectivity index (χ3v) is 2.68. The molecule has 0 fully saturated rings. The fourth-order valence-electron chi connectivity index (χ4n) is 1.78. The number of rotatable bonds is 2. The molecule has 0 saturated heterocycles. The van der Waals surface area contributed by atoms with Crippen LogP contribution in [0.5, 0.6) is 0 Å². The Morgan fingerprint density at radius 1 is 1.22 bits per heavy atom. The number of carbonyl (C=O) groups is 1. The lowest BCUT2D eigenvalue weighted by atomic mass is 10.2. The summed E-state index contributed by atoms with van der Waals surface area (Å²) in [6, 6.07) is 6.82. The van der Waals surface area contributed by atoms with Crippen LogP contribution < -0.4 is 0 Å². The molecule has 5 nitrogen and oxygen atoms in total. The van der Waals surface area contributed by atoms with Crippen LogP contribution in [-0.2, 0) is 0 Å². The summed E-state index contributed by atoms with van der Waals surface area (Å²) in [5, 5.41) is 8.92. The first-order valence-electron chi connectivity index (χ1n) is 5.36. The highest BCUT2D eigenvalue weighted by atomic mass is 16.4. The first-order chi connectivity index (χ1) is 8.74. The van der Waals surface area contributed by atoms with Crippen LogP contribution in [0.15, 0.2) is 49.1 Å². The molecule has 0 bridgehead atoms. The standard InChI is InChI=1S/C13H9N3O2/c17-13(18)10-3-6-16-8-11(15-12(16)7-10)9-1-4-14-5-2-9/h1-8H,(H,17,18). The number of carboxylic acid groups (broad SMARTS) is 1. The van der Waals surface area contributed by atoms with Gasteiger partial charge in [0.25, 0.3) is 0 Å². The van der Waals surface area contributed by atoms with E-state index < -0.39 is 5.97 Å². The van der Waals surface area contributed by atoms with Crippen LogP contribution in [-0.4, -0.2) is 25.4 Å². The van der Waals surface area contributed by atoms with Crippen molar-refractivity contribution in [2.75, 3.05) is 0 Å². The fourth-order valence-corrected chi connectivity index (χ4v) is 1.78. The first kappa shape index (κ1) is 10.5. The minimum atomic E-state index is -0.953. The first-order valence-corrected chi connectivity index (χ1v) is 5.36. The van der Waals surface area contributed by atoms with Crippen molar-refractivity contribution in [2.24, 2.45) is 0 Å². The number of hydrogen-bond acceptors (Lipinski definition) is 3. The smallest absolute Gasteiger partial charge is 0.335 e. The largest absolute Gasteiger partial charge is 0.478 e. The van der Waals surface area contributed by atoms with Gasteiger partial charge in [0.05, 0.1) is 11.3 Å². The lowest BCUT2D eigenvalue weighted by Gasteiger charge is -1.94. The van der Waals surface area contributed by atoms with Gasteiger partial charge >= 0.3 is 5.97 Å². The molecule has 0 spiro atoms. The average molecular weight is 239 g/mol. The molecule has 0 atom stereocenters. The van der Waals surface area contributed by atoms with Crippen molar-refractivity contribution in [3.05, 3.63) is 54.6 Å². The number of imidazole rings is 1. The molecule has 88 valence electrons. The summed E-state index contributed by atoms with van der Waals surface area (Å²) >= 11 is 0. The van der Waals surface area contributed by atoms with E-state index in [1.165, 1.54) is 0 Å². The van der Waals surface area contributed by atoms with Gasteiger partial charge in [-0.25, -0.2) is 9.78 Å². The van der Waals surface area contributed by atoms with Gasteiger partial charge in [-0.05, 0) is 24.3 Å². The van der Waals surface area contributed by atoms with Crippen LogP contribution in [0.25, 0.3) is 16.9 Å². The topological polar surface area (TPSA) is 67.5 Å². The second kappa shape index (κ2) is 3.96. The van der Waals surface area contributed by atoms with Gasteiger partial charge in [0.1, 0.15) is 5.65 Å². The van der Waals surface area contributed by atoms with E-state index in [9.17, 15) is 4.79 Å². The predicted octanol–water partition coefficient (Wildman–Crippen LogP) is 2.09. The SMILES string of the molecule is O=C(O)c1ccn2cc(-c3ccncc3)nc2c1. The number of hydrogen-bond donors (Lipinski definition) is 1. The Morgan fingerprint density at radius 3 is 2.72 bits per heavy atom. The molecular weight excluding hydrogens is 230 g/mol. The second-order valence-corrected chi connectivity index (χ2v) is 3.85. The Balaban J connectivity index is 2.14. The van der Waals surface area contributed by atoms with E-state index in [0.717, 1.165) is 11.3 Å². The molecule has 0 aromatic carbocycles. The van der Waals surface area contributed by atoms with E-state index in [-0.39, 0.29) is 5.56 Å². The van der Waals surface area contributed by atoms with Gasteiger partial charge < -0.3 is 9.51 Å². The molecule has 3 aromatic rings. The molecule has 0 aliphatic rings. The third kappa shape index (κ3) is 1.71. The monoisotopic (exact) mass is 239 g/mol. The van der Waals surface area contributed by atoms with Gasteiger partial charge in [0, 0.05) is 30.4 Å². The maximum absolute atomic E-state index is 10.9. The van der Waals surface area contributed by atoms with Gasteiger partial charge in [-0.15, -0.1) is 0 Å². The predicted molar refractivity (Wildman–Crippen MR) is 65.4 cm³/mol. The van der Waals surface area contributed by atoms with Crippen LogP contribution >= 0.6 is 0 Å². The van der Waals surface area contributed by atoms with Crippen molar-refractivity contribution >= 4 is 11.6 Å². The Labute approximate surface area is 102 Å². The van der Waals surface area contributed by atoms with Crippen molar-refractivity contribution in [3.8, 4) is 11.3 Å². The van der Waals surface area contributed by atoms with Gasteiger partial charge in [-0.2, -0.15) is 0 Å². The van der Waals surface area contributed by atoms with E-state index in [4.69, 9.17) is 5.11 Å². The molecule has 5 heteroatoms. The molecule has 0 amide bonds. The van der Waals surface area contributed by atoms with Crippen LogP contribution in [0.3, 0.4) is 0 Å². The van der Waals surface area contributed by atoms with E-state index in [0.29, 0.717) is 5.65 Å². The normalized spacial score (nSPS) is 10.7. The molecule has 0 aliphatic heterocycles. The third-order valence-electron chi connectivity index (χ3n) is 2.68. The molecule has 3 heterocycles. The molecule has 0 radical (unpaired) electrons. The summed E-state index contributed by atoms with van der Waals surface area (Å²) in [6.45, 7) is 0. The van der Waals surface area contributed by atoms with E-state index in [2.05, 4.69) is 9.97 Å². The van der Waals surface area contributed by atoms with Crippen molar-refractivity contribution in [3.63, 3.8) is 0 Å². The Morgan fingerprint density at radius 2 is 2.00 bits per heavy atom. The minimum Gasteiger partial charge on any atom is -0.478 e. The van der Waals surface area contributed by atoms with Crippen molar-refractivity contribution in [1.29, 1.82) is 0 Å². The fraction of sp³-hybridized carbons (Fsp3) is 0. The van der Waals surface area contributed by atoms with Gasteiger partial charge in [-0.3, -0.25) is 4.98 Å². The van der Waals surface area contributed by atoms with E-state index >= 15 is 0 Å². The second-order valence-electron chi connectivity index (χ2n) is 3.85. The summed E-state index contributed by atoms with van der Waals surface area (Å²) in [5.74, 6) is -0.953. The van der Waals surface area contributed by atoms with Crippen LogP contribution in [0.4, 0.5) is 0 Å². The highest BCUT2D eigenvalue weighted by Crippen LogP contribution is 2.18. The molecule has 3 aromatic heterocycles. The maximum atomic E-state index is 10.9. The number of fused-ring (bicyclic) bond motifs is 1.